The predicted molar refractivity (Wildman–Crippen MR) is 113 cm³/mol. The van der Waals surface area contributed by atoms with Crippen LogP contribution < -0.4 is 24.4 Å². The first kappa shape index (κ1) is 21.9. The fourth-order valence-electron chi connectivity index (χ4n) is 3.26. The van der Waals surface area contributed by atoms with Gasteiger partial charge in [0, 0.05) is 30.8 Å². The zero-order valence-corrected chi connectivity index (χ0v) is 17.5. The van der Waals surface area contributed by atoms with E-state index in [9.17, 15) is 14.4 Å². The van der Waals surface area contributed by atoms with Gasteiger partial charge in [-0.2, -0.15) is 0 Å². The van der Waals surface area contributed by atoms with Crippen molar-refractivity contribution < 1.29 is 33.3 Å². The van der Waals surface area contributed by atoms with E-state index in [1.807, 2.05) is 0 Å². The monoisotopic (exact) mass is 428 g/mol. The number of esters is 1. The fraction of sp³-hybridized carbons (Fsp3) is 0.318. The number of carbonyl (C=O) groups excluding carboxylic acids is 3. The molecule has 2 aromatic rings. The minimum Gasteiger partial charge on any atom is -0.497 e. The Balaban J connectivity index is 1.57. The Morgan fingerprint density at radius 3 is 2.48 bits per heavy atom. The number of anilines is 2. The Hall–Kier alpha value is -3.75. The van der Waals surface area contributed by atoms with E-state index in [-0.39, 0.29) is 18.9 Å². The number of rotatable bonds is 8. The predicted octanol–water partition coefficient (Wildman–Crippen LogP) is 2.25. The van der Waals surface area contributed by atoms with E-state index in [2.05, 4.69) is 5.32 Å². The van der Waals surface area contributed by atoms with Gasteiger partial charge in [0.05, 0.1) is 32.9 Å². The third-order valence-electron chi connectivity index (χ3n) is 4.84. The van der Waals surface area contributed by atoms with E-state index in [0.29, 0.717) is 28.6 Å². The Kier molecular flexibility index (Phi) is 6.96. The molecule has 1 aliphatic heterocycles. The molecule has 0 aromatic heterocycles. The molecule has 1 fully saturated rings. The van der Waals surface area contributed by atoms with Crippen molar-refractivity contribution in [1.82, 2.24) is 0 Å². The largest absolute Gasteiger partial charge is 0.497 e. The summed E-state index contributed by atoms with van der Waals surface area (Å²) in [6.07, 6.45) is -0.00841. The van der Waals surface area contributed by atoms with Crippen LogP contribution in [-0.2, 0) is 19.1 Å². The van der Waals surface area contributed by atoms with Crippen LogP contribution in [0.5, 0.6) is 17.2 Å². The van der Waals surface area contributed by atoms with E-state index < -0.39 is 24.4 Å². The van der Waals surface area contributed by atoms with Gasteiger partial charge in [0.1, 0.15) is 17.2 Å². The molecule has 0 aliphatic carbocycles. The van der Waals surface area contributed by atoms with Gasteiger partial charge in [-0.25, -0.2) is 0 Å². The summed E-state index contributed by atoms with van der Waals surface area (Å²) in [5.74, 6) is -0.364. The molecule has 31 heavy (non-hydrogen) atoms. The lowest BCUT2D eigenvalue weighted by atomic mass is 10.1. The van der Waals surface area contributed by atoms with Crippen molar-refractivity contribution in [2.24, 2.45) is 5.92 Å². The molecule has 1 saturated heterocycles. The first-order chi connectivity index (χ1) is 14.9. The number of hydrogen-bond acceptors (Lipinski definition) is 7. The summed E-state index contributed by atoms with van der Waals surface area (Å²) >= 11 is 0. The van der Waals surface area contributed by atoms with Crippen LogP contribution in [0.15, 0.2) is 42.5 Å². The molecule has 9 heteroatoms. The molecule has 0 saturated carbocycles. The van der Waals surface area contributed by atoms with Gasteiger partial charge in [0.15, 0.2) is 6.61 Å². The normalized spacial score (nSPS) is 15.4. The van der Waals surface area contributed by atoms with Gasteiger partial charge >= 0.3 is 5.97 Å². The van der Waals surface area contributed by atoms with Crippen molar-refractivity contribution in [2.45, 2.75) is 6.42 Å². The smallest absolute Gasteiger partial charge is 0.311 e. The molecule has 1 N–H and O–H groups in total. The zero-order valence-electron chi connectivity index (χ0n) is 17.5. The number of nitrogens with one attached hydrogen (secondary N) is 1. The van der Waals surface area contributed by atoms with Crippen molar-refractivity contribution in [2.75, 3.05) is 44.7 Å². The molecule has 0 bridgehead atoms. The molecule has 1 aliphatic rings. The summed E-state index contributed by atoms with van der Waals surface area (Å²) in [5.41, 5.74) is 1.06. The van der Waals surface area contributed by atoms with Gasteiger partial charge in [-0.3, -0.25) is 14.4 Å². The molecular weight excluding hydrogens is 404 g/mol. The van der Waals surface area contributed by atoms with Gasteiger partial charge in [0.2, 0.25) is 5.91 Å². The van der Waals surface area contributed by atoms with Crippen LogP contribution in [-0.4, -0.2) is 52.3 Å². The van der Waals surface area contributed by atoms with Gasteiger partial charge in [0.25, 0.3) is 5.91 Å². The molecular formula is C22H24N2O7. The van der Waals surface area contributed by atoms with E-state index in [4.69, 9.17) is 18.9 Å². The molecule has 0 unspecified atom stereocenters. The van der Waals surface area contributed by atoms with E-state index in [1.54, 1.807) is 42.5 Å². The highest BCUT2D eigenvalue weighted by Crippen LogP contribution is 2.36. The molecule has 0 radical (unpaired) electrons. The number of methoxy groups -OCH3 is 3. The molecule has 1 atom stereocenters. The number of carbonyl (C=O) groups is 3. The van der Waals surface area contributed by atoms with Gasteiger partial charge in [-0.1, -0.05) is 6.07 Å². The summed E-state index contributed by atoms with van der Waals surface area (Å²) in [4.78, 5) is 38.5. The number of nitrogens with zero attached hydrogens (tertiary/aromatic N) is 1. The van der Waals surface area contributed by atoms with Crippen LogP contribution in [0.4, 0.5) is 11.4 Å². The Morgan fingerprint density at radius 2 is 1.77 bits per heavy atom. The maximum Gasteiger partial charge on any atom is 0.311 e. The maximum absolute atomic E-state index is 12.5. The fourth-order valence-corrected chi connectivity index (χ4v) is 3.26. The van der Waals surface area contributed by atoms with Crippen LogP contribution in [0.3, 0.4) is 0 Å². The van der Waals surface area contributed by atoms with Crippen molar-refractivity contribution >= 4 is 29.2 Å². The highest BCUT2D eigenvalue weighted by molar-refractivity contribution is 6.01. The summed E-state index contributed by atoms with van der Waals surface area (Å²) < 4.78 is 20.7. The van der Waals surface area contributed by atoms with Crippen LogP contribution >= 0.6 is 0 Å². The Morgan fingerprint density at radius 1 is 1.03 bits per heavy atom. The average Bonchev–Trinajstić information content (AvgIpc) is 3.18. The molecule has 9 nitrogen and oxygen atoms in total. The van der Waals surface area contributed by atoms with Crippen molar-refractivity contribution in [3.8, 4) is 17.2 Å². The number of amides is 2. The lowest BCUT2D eigenvalue weighted by Crippen LogP contribution is -2.28. The highest BCUT2D eigenvalue weighted by atomic mass is 16.5. The lowest BCUT2D eigenvalue weighted by Gasteiger charge is -2.20. The Bertz CT molecular complexity index is 976. The molecule has 2 amide bonds. The summed E-state index contributed by atoms with van der Waals surface area (Å²) in [5, 5.41) is 2.63. The van der Waals surface area contributed by atoms with Crippen molar-refractivity contribution in [1.29, 1.82) is 0 Å². The van der Waals surface area contributed by atoms with Gasteiger partial charge < -0.3 is 29.2 Å². The van der Waals surface area contributed by atoms with Crippen LogP contribution in [0.2, 0.25) is 0 Å². The van der Waals surface area contributed by atoms with E-state index in [1.165, 1.54) is 26.2 Å². The summed E-state index contributed by atoms with van der Waals surface area (Å²) in [6.45, 7) is -0.315. The number of benzene rings is 2. The second-order valence-electron chi connectivity index (χ2n) is 6.83. The van der Waals surface area contributed by atoms with Crippen molar-refractivity contribution in [3.05, 3.63) is 42.5 Å². The standard InChI is InChI=1S/C22H24N2O7/c1-28-16-6-4-5-15(10-16)23-20(25)13-31-22(27)14-9-21(26)24(12-14)18-8-7-17(29-2)11-19(18)30-3/h4-8,10-11,14H,9,12-13H2,1-3H3,(H,23,25)/t14-/m0/s1. The van der Waals surface area contributed by atoms with E-state index in [0.717, 1.165) is 0 Å². The molecule has 164 valence electrons. The average molecular weight is 428 g/mol. The number of hydrogen-bond donors (Lipinski definition) is 1. The third kappa shape index (κ3) is 5.25. The first-order valence-electron chi connectivity index (χ1n) is 9.58. The number of ether oxygens (including phenoxy) is 4. The summed E-state index contributed by atoms with van der Waals surface area (Å²) in [7, 11) is 4.55. The minimum absolute atomic E-state index is 0.00841. The van der Waals surface area contributed by atoms with Gasteiger partial charge in [-0.05, 0) is 24.3 Å². The minimum atomic E-state index is -0.677. The van der Waals surface area contributed by atoms with E-state index >= 15 is 0 Å². The van der Waals surface area contributed by atoms with Crippen LogP contribution in [0.25, 0.3) is 0 Å². The van der Waals surface area contributed by atoms with Gasteiger partial charge in [-0.15, -0.1) is 0 Å². The second kappa shape index (κ2) is 9.84. The van der Waals surface area contributed by atoms with Crippen LogP contribution in [0.1, 0.15) is 6.42 Å². The second-order valence-corrected chi connectivity index (χ2v) is 6.83. The summed E-state index contributed by atoms with van der Waals surface area (Å²) in [6, 6.07) is 11.9. The third-order valence-corrected chi connectivity index (χ3v) is 4.84. The lowest BCUT2D eigenvalue weighted by molar-refractivity contribution is -0.151. The molecule has 1 heterocycles. The quantitative estimate of drug-likeness (QED) is 0.643. The zero-order chi connectivity index (χ0) is 22.4. The highest BCUT2D eigenvalue weighted by Gasteiger charge is 2.37. The Labute approximate surface area is 179 Å². The molecule has 0 spiro atoms. The maximum atomic E-state index is 12.5. The topological polar surface area (TPSA) is 103 Å². The SMILES string of the molecule is COc1cccc(NC(=O)COC(=O)[C@H]2CC(=O)N(c3ccc(OC)cc3OC)C2)c1. The van der Waals surface area contributed by atoms with Crippen LogP contribution in [0, 0.1) is 5.92 Å². The molecule has 2 aromatic carbocycles. The first-order valence-corrected chi connectivity index (χ1v) is 9.58. The van der Waals surface area contributed by atoms with Crippen molar-refractivity contribution in [3.63, 3.8) is 0 Å². The molecule has 3 rings (SSSR count).